The van der Waals surface area contributed by atoms with E-state index in [9.17, 15) is 22.4 Å². The van der Waals surface area contributed by atoms with Gasteiger partial charge in [0.05, 0.1) is 17.7 Å². The molecule has 3 rings (SSSR count). The number of aryl methyl sites for hydroxylation is 1. The minimum Gasteiger partial charge on any atom is -0.497 e. The van der Waals surface area contributed by atoms with Crippen molar-refractivity contribution in [1.82, 2.24) is 10.2 Å². The number of halogens is 1. The van der Waals surface area contributed by atoms with E-state index in [1.54, 1.807) is 43.3 Å². The first-order valence-corrected chi connectivity index (χ1v) is 13.0. The summed E-state index contributed by atoms with van der Waals surface area (Å²) in [5.74, 6) is -0.993. The first-order chi connectivity index (χ1) is 17.6. The van der Waals surface area contributed by atoms with Gasteiger partial charge in [-0.25, -0.2) is 12.8 Å². The van der Waals surface area contributed by atoms with Gasteiger partial charge in [0.1, 0.15) is 24.2 Å². The highest BCUT2D eigenvalue weighted by Crippen LogP contribution is 2.25. The van der Waals surface area contributed by atoms with Gasteiger partial charge < -0.3 is 15.0 Å². The number of sulfonamides is 1. The number of nitrogens with one attached hydrogen (secondary N) is 1. The number of benzene rings is 3. The van der Waals surface area contributed by atoms with Gasteiger partial charge in [0.15, 0.2) is 0 Å². The van der Waals surface area contributed by atoms with Crippen LogP contribution in [0, 0.1) is 12.7 Å². The molecule has 0 aromatic heterocycles. The molecule has 0 aliphatic heterocycles. The Morgan fingerprint density at radius 3 is 2.27 bits per heavy atom. The number of likely N-dealkylation sites (N-methyl/N-ethyl adjacent to an activating group) is 1. The molecule has 0 bridgehead atoms. The summed E-state index contributed by atoms with van der Waals surface area (Å²) in [5.41, 5.74) is 1.68. The number of rotatable bonds is 10. The molecule has 0 fully saturated rings. The fourth-order valence-corrected chi connectivity index (χ4v) is 5.15. The van der Waals surface area contributed by atoms with Crippen molar-refractivity contribution >= 4 is 27.5 Å². The van der Waals surface area contributed by atoms with Crippen molar-refractivity contribution in [3.05, 3.63) is 89.7 Å². The normalized spacial score (nSPS) is 11.9. The zero-order chi connectivity index (χ0) is 27.2. The summed E-state index contributed by atoms with van der Waals surface area (Å²) in [7, 11) is -1.23. The lowest BCUT2D eigenvalue weighted by atomic mass is 10.1. The van der Waals surface area contributed by atoms with Crippen molar-refractivity contribution in [3.8, 4) is 5.75 Å². The van der Waals surface area contributed by atoms with E-state index >= 15 is 0 Å². The van der Waals surface area contributed by atoms with E-state index in [2.05, 4.69) is 5.32 Å². The number of hydrogen-bond acceptors (Lipinski definition) is 5. The predicted octanol–water partition coefficient (Wildman–Crippen LogP) is 3.50. The molecular formula is C27H30FN3O5S. The Labute approximate surface area is 216 Å². The van der Waals surface area contributed by atoms with Gasteiger partial charge in [0.2, 0.25) is 11.8 Å². The third kappa shape index (κ3) is 6.65. The Morgan fingerprint density at radius 2 is 1.68 bits per heavy atom. The molecule has 196 valence electrons. The molecule has 1 atom stereocenters. The zero-order valence-corrected chi connectivity index (χ0v) is 22.0. The van der Waals surface area contributed by atoms with Crippen molar-refractivity contribution < 1.29 is 27.1 Å². The van der Waals surface area contributed by atoms with Crippen LogP contribution in [0.15, 0.2) is 77.7 Å². The molecular weight excluding hydrogens is 497 g/mol. The Morgan fingerprint density at radius 1 is 1.03 bits per heavy atom. The number of amides is 2. The molecule has 3 aromatic carbocycles. The Hall–Kier alpha value is -3.92. The van der Waals surface area contributed by atoms with Crippen LogP contribution in [0.1, 0.15) is 18.1 Å². The van der Waals surface area contributed by atoms with Crippen LogP contribution in [0.3, 0.4) is 0 Å². The van der Waals surface area contributed by atoms with E-state index in [1.165, 1.54) is 43.3 Å². The standard InChI is InChI=1S/C27H30FN3O5S/c1-19-8-14-25(15-9-19)37(34,35)31(23-12-10-22(28)11-13-23)18-26(32)30(20(2)27(33)29-3)17-21-6-5-7-24(16-21)36-4/h5-16,20H,17-18H2,1-4H3,(H,29,33)/t20-/m0/s1. The number of carbonyl (C=O) groups excluding carboxylic acids is 2. The number of hydrogen-bond donors (Lipinski definition) is 1. The monoisotopic (exact) mass is 527 g/mol. The lowest BCUT2D eigenvalue weighted by molar-refractivity contribution is -0.139. The summed E-state index contributed by atoms with van der Waals surface area (Å²) in [6.07, 6.45) is 0. The third-order valence-corrected chi connectivity index (χ3v) is 7.69. The summed E-state index contributed by atoms with van der Waals surface area (Å²) >= 11 is 0. The minimum atomic E-state index is -4.20. The summed E-state index contributed by atoms with van der Waals surface area (Å²) in [6, 6.07) is 17.2. The van der Waals surface area contributed by atoms with Crippen LogP contribution in [0.25, 0.3) is 0 Å². The van der Waals surface area contributed by atoms with Crippen LogP contribution in [-0.4, -0.2) is 51.9 Å². The quantitative estimate of drug-likeness (QED) is 0.436. The van der Waals surface area contributed by atoms with E-state index in [1.807, 2.05) is 6.92 Å². The number of nitrogens with zero attached hydrogens (tertiary/aromatic N) is 2. The average molecular weight is 528 g/mol. The molecule has 10 heteroatoms. The molecule has 0 aliphatic carbocycles. The van der Waals surface area contributed by atoms with Crippen molar-refractivity contribution in [2.75, 3.05) is 25.0 Å². The van der Waals surface area contributed by atoms with Crippen LogP contribution in [-0.2, 0) is 26.2 Å². The SMILES string of the molecule is CNC(=O)[C@H](C)N(Cc1cccc(OC)c1)C(=O)CN(c1ccc(F)cc1)S(=O)(=O)c1ccc(C)cc1. The zero-order valence-electron chi connectivity index (χ0n) is 21.1. The van der Waals surface area contributed by atoms with Crippen LogP contribution >= 0.6 is 0 Å². The maximum Gasteiger partial charge on any atom is 0.264 e. The topological polar surface area (TPSA) is 96.0 Å². The molecule has 2 amide bonds. The predicted molar refractivity (Wildman–Crippen MR) is 139 cm³/mol. The molecule has 0 saturated carbocycles. The minimum absolute atomic E-state index is 0.0195. The molecule has 8 nitrogen and oxygen atoms in total. The fourth-order valence-electron chi connectivity index (χ4n) is 3.73. The summed E-state index contributed by atoms with van der Waals surface area (Å²) in [5, 5.41) is 2.53. The maximum atomic E-state index is 13.7. The fraction of sp³-hybridized carbons (Fsp3) is 0.259. The van der Waals surface area contributed by atoms with Gasteiger partial charge in [-0.15, -0.1) is 0 Å². The van der Waals surface area contributed by atoms with Crippen molar-refractivity contribution in [3.63, 3.8) is 0 Å². The Kier molecular flexibility index (Phi) is 8.88. The van der Waals surface area contributed by atoms with Gasteiger partial charge >= 0.3 is 0 Å². The highest BCUT2D eigenvalue weighted by atomic mass is 32.2. The van der Waals surface area contributed by atoms with E-state index in [4.69, 9.17) is 4.74 Å². The first kappa shape index (κ1) is 27.7. The molecule has 3 aromatic rings. The van der Waals surface area contributed by atoms with Crippen molar-refractivity contribution in [2.24, 2.45) is 0 Å². The first-order valence-electron chi connectivity index (χ1n) is 11.6. The van der Waals surface area contributed by atoms with Gasteiger partial charge in [-0.2, -0.15) is 0 Å². The van der Waals surface area contributed by atoms with Gasteiger partial charge in [-0.1, -0.05) is 29.8 Å². The van der Waals surface area contributed by atoms with E-state index in [-0.39, 0.29) is 17.1 Å². The molecule has 0 saturated heterocycles. The lowest BCUT2D eigenvalue weighted by Gasteiger charge is -2.31. The van der Waals surface area contributed by atoms with Crippen molar-refractivity contribution in [2.45, 2.75) is 31.3 Å². The van der Waals surface area contributed by atoms with E-state index < -0.39 is 40.2 Å². The molecule has 0 heterocycles. The molecule has 0 aliphatic rings. The van der Waals surface area contributed by atoms with Gasteiger partial charge in [0, 0.05) is 13.6 Å². The smallest absolute Gasteiger partial charge is 0.264 e. The molecule has 0 unspecified atom stereocenters. The second-order valence-corrected chi connectivity index (χ2v) is 10.3. The Bertz CT molecular complexity index is 1350. The second-order valence-electron chi connectivity index (χ2n) is 8.46. The lowest BCUT2D eigenvalue weighted by Crippen LogP contribution is -2.50. The van der Waals surface area contributed by atoms with Gasteiger partial charge in [-0.05, 0) is 67.9 Å². The third-order valence-electron chi connectivity index (χ3n) is 5.90. The average Bonchev–Trinajstić information content (AvgIpc) is 2.90. The van der Waals surface area contributed by atoms with Gasteiger partial charge in [0.25, 0.3) is 10.0 Å². The van der Waals surface area contributed by atoms with Crippen LogP contribution in [0.4, 0.5) is 10.1 Å². The van der Waals surface area contributed by atoms with Gasteiger partial charge in [-0.3, -0.25) is 13.9 Å². The highest BCUT2D eigenvalue weighted by Gasteiger charge is 2.32. The molecule has 1 N–H and O–H groups in total. The second kappa shape index (κ2) is 11.9. The Balaban J connectivity index is 2.02. The van der Waals surface area contributed by atoms with Crippen LogP contribution in [0.2, 0.25) is 0 Å². The van der Waals surface area contributed by atoms with Crippen LogP contribution < -0.4 is 14.4 Å². The number of carbonyl (C=O) groups is 2. The summed E-state index contributed by atoms with van der Waals surface area (Å²) in [4.78, 5) is 27.5. The van der Waals surface area contributed by atoms with Crippen molar-refractivity contribution in [1.29, 1.82) is 0 Å². The highest BCUT2D eigenvalue weighted by molar-refractivity contribution is 7.92. The molecule has 37 heavy (non-hydrogen) atoms. The molecule has 0 radical (unpaired) electrons. The summed E-state index contributed by atoms with van der Waals surface area (Å²) in [6.45, 7) is 2.82. The molecule has 0 spiro atoms. The van der Waals surface area contributed by atoms with E-state index in [0.717, 1.165) is 22.0 Å². The number of anilines is 1. The number of ether oxygens (including phenoxy) is 1. The maximum absolute atomic E-state index is 13.7. The number of methoxy groups -OCH3 is 1. The summed E-state index contributed by atoms with van der Waals surface area (Å²) < 4.78 is 47.1. The van der Waals surface area contributed by atoms with E-state index in [0.29, 0.717) is 11.3 Å². The van der Waals surface area contributed by atoms with Crippen LogP contribution in [0.5, 0.6) is 5.75 Å². The largest absolute Gasteiger partial charge is 0.497 e.